The van der Waals surface area contributed by atoms with E-state index in [9.17, 15) is 4.79 Å². The van der Waals surface area contributed by atoms with Crippen LogP contribution >= 0.6 is 0 Å². The molecule has 0 fully saturated rings. The topological polar surface area (TPSA) is 44.8 Å². The van der Waals surface area contributed by atoms with Crippen LogP contribution in [-0.4, -0.2) is 19.2 Å². The van der Waals surface area contributed by atoms with Crippen LogP contribution in [0.15, 0.2) is 61.2 Å². The van der Waals surface area contributed by atoms with E-state index in [2.05, 4.69) is 20.4 Å². The molecule has 1 unspecified atom stereocenters. The molecule has 204 valence electrons. The lowest BCUT2D eigenvalue weighted by atomic mass is 10.0. The minimum absolute atomic E-state index is 0.380. The molecule has 0 saturated heterocycles. The molecule has 0 spiro atoms. The van der Waals surface area contributed by atoms with Crippen LogP contribution in [0.2, 0.25) is 0 Å². The van der Waals surface area contributed by atoms with Crippen molar-refractivity contribution in [1.29, 1.82) is 0 Å². The maximum absolute atomic E-state index is 12.5. The fourth-order valence-corrected chi connectivity index (χ4v) is 4.09. The number of unbranched alkanes of at least 4 members (excludes halogenated alkanes) is 9. The Bertz CT molecular complexity index is 857. The van der Waals surface area contributed by atoms with E-state index >= 15 is 0 Å². The monoisotopic (exact) mass is 508 g/mol. The molecule has 1 atom stereocenters. The summed E-state index contributed by atoms with van der Waals surface area (Å²) in [5.41, 5.74) is 0.501. The van der Waals surface area contributed by atoms with Crippen molar-refractivity contribution < 1.29 is 19.0 Å². The van der Waals surface area contributed by atoms with Crippen LogP contribution in [0.25, 0.3) is 0 Å². The van der Waals surface area contributed by atoms with Crippen LogP contribution in [0, 0.1) is 5.92 Å². The van der Waals surface area contributed by atoms with Crippen molar-refractivity contribution >= 4 is 5.97 Å². The largest absolute Gasteiger partial charge is 0.494 e. The van der Waals surface area contributed by atoms with E-state index in [0.29, 0.717) is 24.5 Å². The second-order valence-corrected chi connectivity index (χ2v) is 10.00. The Balaban J connectivity index is 1.59. The van der Waals surface area contributed by atoms with Gasteiger partial charge in [0.15, 0.2) is 0 Å². The van der Waals surface area contributed by atoms with Crippen molar-refractivity contribution in [3.05, 3.63) is 66.7 Å². The lowest BCUT2D eigenvalue weighted by Crippen LogP contribution is -2.08. The summed E-state index contributed by atoms with van der Waals surface area (Å²) in [4.78, 5) is 12.5. The standard InChI is InChI=1S/C33H48O4/c1-4-6-7-8-9-10-11-12-15-26-35-30-20-18-29(19-21-30)33(34)37-32-24-22-31(23-25-32)36-27-16-13-14-17-28(3)5-2/h4,18-25,28H,1,5-17,26-27H2,2-3H3. The first-order valence-electron chi connectivity index (χ1n) is 14.4. The molecule has 0 heterocycles. The van der Waals surface area contributed by atoms with E-state index < -0.39 is 0 Å². The van der Waals surface area contributed by atoms with Gasteiger partial charge in [-0.05, 0) is 80.1 Å². The molecule has 0 bridgehead atoms. The van der Waals surface area contributed by atoms with Gasteiger partial charge < -0.3 is 14.2 Å². The van der Waals surface area contributed by atoms with Crippen LogP contribution < -0.4 is 14.2 Å². The van der Waals surface area contributed by atoms with Gasteiger partial charge >= 0.3 is 5.97 Å². The molecule has 0 aliphatic rings. The number of carbonyl (C=O) groups is 1. The first kappa shape index (κ1) is 30.5. The molecule has 2 aromatic rings. The van der Waals surface area contributed by atoms with Gasteiger partial charge in [0.05, 0.1) is 18.8 Å². The number of allylic oxidation sites excluding steroid dienone is 1. The first-order valence-corrected chi connectivity index (χ1v) is 14.4. The van der Waals surface area contributed by atoms with E-state index in [4.69, 9.17) is 14.2 Å². The fraction of sp³-hybridized carbons (Fsp3) is 0.545. The Morgan fingerprint density at radius 3 is 1.78 bits per heavy atom. The van der Waals surface area contributed by atoms with Gasteiger partial charge in [0.1, 0.15) is 17.2 Å². The molecule has 4 heteroatoms. The number of carbonyl (C=O) groups excluding carboxylic acids is 1. The zero-order valence-electron chi connectivity index (χ0n) is 23.2. The van der Waals surface area contributed by atoms with Crippen molar-refractivity contribution in [3.8, 4) is 17.2 Å². The molecule has 0 aliphatic heterocycles. The molecule has 0 aromatic heterocycles. The van der Waals surface area contributed by atoms with Gasteiger partial charge in [-0.25, -0.2) is 4.79 Å². The zero-order valence-corrected chi connectivity index (χ0v) is 23.2. The Morgan fingerprint density at radius 1 is 0.730 bits per heavy atom. The molecule has 0 amide bonds. The molecule has 2 aromatic carbocycles. The van der Waals surface area contributed by atoms with E-state index in [1.54, 1.807) is 24.3 Å². The Kier molecular flexibility index (Phi) is 16.0. The Labute approximate surface area is 225 Å². The van der Waals surface area contributed by atoms with Gasteiger partial charge in [-0.15, -0.1) is 6.58 Å². The highest BCUT2D eigenvalue weighted by molar-refractivity contribution is 5.91. The van der Waals surface area contributed by atoms with Gasteiger partial charge in [0.2, 0.25) is 0 Å². The van der Waals surface area contributed by atoms with Gasteiger partial charge in [-0.2, -0.15) is 0 Å². The van der Waals surface area contributed by atoms with Crippen LogP contribution in [0.4, 0.5) is 0 Å². The molecule has 4 nitrogen and oxygen atoms in total. The van der Waals surface area contributed by atoms with Gasteiger partial charge in [0, 0.05) is 0 Å². The maximum Gasteiger partial charge on any atom is 0.343 e. The fourth-order valence-electron chi connectivity index (χ4n) is 4.09. The smallest absolute Gasteiger partial charge is 0.343 e. The summed E-state index contributed by atoms with van der Waals surface area (Å²) < 4.78 is 17.2. The predicted molar refractivity (Wildman–Crippen MR) is 154 cm³/mol. The third kappa shape index (κ3) is 13.9. The number of benzene rings is 2. The summed E-state index contributed by atoms with van der Waals surface area (Å²) in [5, 5.41) is 0. The molecule has 0 saturated carbocycles. The van der Waals surface area contributed by atoms with Gasteiger partial charge in [-0.1, -0.05) is 77.7 Å². The molecule has 37 heavy (non-hydrogen) atoms. The molecule has 0 N–H and O–H groups in total. The molecule has 0 aliphatic carbocycles. The SMILES string of the molecule is C=CCCCCCCCCCOc1ccc(C(=O)Oc2ccc(OCCCCCC(C)CC)cc2)cc1. The quantitative estimate of drug-likeness (QED) is 0.0728. The molecule has 0 radical (unpaired) electrons. The summed E-state index contributed by atoms with van der Waals surface area (Å²) >= 11 is 0. The zero-order chi connectivity index (χ0) is 26.6. The predicted octanol–water partition coefficient (Wildman–Crippen LogP) is 9.58. The number of hydrogen-bond donors (Lipinski definition) is 0. The second kappa shape index (κ2) is 19.4. The highest BCUT2D eigenvalue weighted by atomic mass is 16.5. The molecule has 2 rings (SSSR count). The van der Waals surface area contributed by atoms with Crippen molar-refractivity contribution in [1.82, 2.24) is 0 Å². The third-order valence-electron chi connectivity index (χ3n) is 6.75. The van der Waals surface area contributed by atoms with Crippen LogP contribution in [0.1, 0.15) is 108 Å². The highest BCUT2D eigenvalue weighted by Crippen LogP contribution is 2.21. The number of esters is 1. The lowest BCUT2D eigenvalue weighted by molar-refractivity contribution is 0.0734. The van der Waals surface area contributed by atoms with Crippen LogP contribution in [0.3, 0.4) is 0 Å². The van der Waals surface area contributed by atoms with E-state index in [0.717, 1.165) is 36.7 Å². The first-order chi connectivity index (χ1) is 18.1. The van der Waals surface area contributed by atoms with Crippen molar-refractivity contribution in [2.75, 3.05) is 13.2 Å². The third-order valence-corrected chi connectivity index (χ3v) is 6.75. The number of hydrogen-bond acceptors (Lipinski definition) is 4. The molecular formula is C33H48O4. The summed E-state index contributed by atoms with van der Waals surface area (Å²) in [6, 6.07) is 14.4. The van der Waals surface area contributed by atoms with Gasteiger partial charge in [-0.3, -0.25) is 0 Å². The Hall–Kier alpha value is -2.75. The highest BCUT2D eigenvalue weighted by Gasteiger charge is 2.09. The summed E-state index contributed by atoms with van der Waals surface area (Å²) in [6.07, 6.45) is 17.9. The van der Waals surface area contributed by atoms with Crippen LogP contribution in [0.5, 0.6) is 17.2 Å². The van der Waals surface area contributed by atoms with E-state index in [-0.39, 0.29) is 5.97 Å². The Morgan fingerprint density at radius 2 is 1.22 bits per heavy atom. The van der Waals surface area contributed by atoms with E-state index in [1.165, 1.54) is 64.2 Å². The normalized spacial score (nSPS) is 11.6. The summed E-state index contributed by atoms with van der Waals surface area (Å²) in [5.74, 6) is 2.52. The van der Waals surface area contributed by atoms with Gasteiger partial charge in [0.25, 0.3) is 0 Å². The number of rotatable bonds is 21. The average molecular weight is 509 g/mol. The summed E-state index contributed by atoms with van der Waals surface area (Å²) in [6.45, 7) is 9.74. The maximum atomic E-state index is 12.5. The minimum atomic E-state index is -0.380. The summed E-state index contributed by atoms with van der Waals surface area (Å²) in [7, 11) is 0. The lowest BCUT2D eigenvalue weighted by Gasteiger charge is -2.10. The van der Waals surface area contributed by atoms with Crippen LogP contribution in [-0.2, 0) is 0 Å². The molecular weight excluding hydrogens is 460 g/mol. The minimum Gasteiger partial charge on any atom is -0.494 e. The number of ether oxygens (including phenoxy) is 3. The van der Waals surface area contributed by atoms with Crippen molar-refractivity contribution in [3.63, 3.8) is 0 Å². The van der Waals surface area contributed by atoms with E-state index in [1.807, 2.05) is 30.3 Å². The second-order valence-electron chi connectivity index (χ2n) is 10.00. The van der Waals surface area contributed by atoms with Crippen molar-refractivity contribution in [2.24, 2.45) is 5.92 Å². The van der Waals surface area contributed by atoms with Crippen molar-refractivity contribution in [2.45, 2.75) is 97.3 Å². The average Bonchev–Trinajstić information content (AvgIpc) is 2.92.